The predicted molar refractivity (Wildman–Crippen MR) is 58.8 cm³/mol. The van der Waals surface area contributed by atoms with Gasteiger partial charge in [0, 0.05) is 0 Å². The van der Waals surface area contributed by atoms with Crippen LogP contribution in [0.2, 0.25) is 5.15 Å². The summed E-state index contributed by atoms with van der Waals surface area (Å²) in [4.78, 5) is 3.82. The van der Waals surface area contributed by atoms with E-state index in [9.17, 15) is 8.42 Å². The van der Waals surface area contributed by atoms with E-state index in [1.54, 1.807) is 6.07 Å². The zero-order valence-electron chi connectivity index (χ0n) is 8.03. The highest BCUT2D eigenvalue weighted by Crippen LogP contribution is 2.26. The number of sulfone groups is 1. The van der Waals surface area contributed by atoms with Crippen LogP contribution < -0.4 is 0 Å². The van der Waals surface area contributed by atoms with Crippen molar-refractivity contribution in [2.75, 3.05) is 5.75 Å². The lowest BCUT2D eigenvalue weighted by atomic mass is 10.4. The Morgan fingerprint density at radius 2 is 2.27 bits per heavy atom. The molecule has 0 saturated heterocycles. The number of halogens is 1. The number of rotatable bonds is 4. The fraction of sp³-hybridized carbons (Fsp3) is 0.500. The van der Waals surface area contributed by atoms with Gasteiger partial charge in [0.05, 0.1) is 5.75 Å². The van der Waals surface area contributed by atoms with Crippen LogP contribution in [0, 0.1) is 11.3 Å². The van der Waals surface area contributed by atoms with Crippen molar-refractivity contribution >= 4 is 32.8 Å². The third-order valence-corrected chi connectivity index (χ3v) is 5.30. The molecule has 0 aliphatic carbocycles. The van der Waals surface area contributed by atoms with Crippen LogP contribution in [0.4, 0.5) is 0 Å². The summed E-state index contributed by atoms with van der Waals surface area (Å²) in [6.45, 7) is 1.91. The average molecular weight is 265 g/mol. The van der Waals surface area contributed by atoms with Gasteiger partial charge in [-0.3, -0.25) is 0 Å². The van der Waals surface area contributed by atoms with E-state index in [1.165, 1.54) is 0 Å². The molecule has 4 nitrogen and oxygen atoms in total. The number of unbranched alkanes of at least 4 members (excludes halogenated alkanes) is 1. The van der Waals surface area contributed by atoms with Crippen molar-refractivity contribution in [2.45, 2.75) is 24.1 Å². The maximum absolute atomic E-state index is 11.7. The minimum absolute atomic E-state index is 0.0300. The highest BCUT2D eigenvalue weighted by Gasteiger charge is 2.21. The van der Waals surface area contributed by atoms with Crippen LogP contribution in [0.1, 0.15) is 24.6 Å². The Kier molecular flexibility index (Phi) is 4.08. The number of nitriles is 1. The van der Waals surface area contributed by atoms with Crippen molar-refractivity contribution < 1.29 is 8.42 Å². The van der Waals surface area contributed by atoms with E-state index in [1.807, 2.05) is 6.92 Å². The fourth-order valence-electron chi connectivity index (χ4n) is 0.907. The third-order valence-electron chi connectivity index (χ3n) is 1.70. The van der Waals surface area contributed by atoms with E-state index < -0.39 is 9.84 Å². The van der Waals surface area contributed by atoms with Gasteiger partial charge in [0.15, 0.2) is 5.15 Å². The lowest BCUT2D eigenvalue weighted by molar-refractivity contribution is 0.592. The smallest absolute Gasteiger partial charge is 0.211 e. The summed E-state index contributed by atoms with van der Waals surface area (Å²) in [5, 5.41) is 8.58. The summed E-state index contributed by atoms with van der Waals surface area (Å²) >= 11 is 6.42. The summed E-state index contributed by atoms with van der Waals surface area (Å²) in [5.41, 5.74) is 0. The molecule has 0 aromatic carbocycles. The predicted octanol–water partition coefficient (Wildman–Crippen LogP) is 2.24. The molecule has 0 amide bonds. The van der Waals surface area contributed by atoms with Crippen molar-refractivity contribution in [3.05, 3.63) is 10.0 Å². The van der Waals surface area contributed by atoms with Gasteiger partial charge in [0.25, 0.3) is 0 Å². The second-order valence-electron chi connectivity index (χ2n) is 2.88. The first-order chi connectivity index (χ1) is 7.01. The van der Waals surface area contributed by atoms with Gasteiger partial charge >= 0.3 is 0 Å². The molecule has 7 heteroatoms. The van der Waals surface area contributed by atoms with Crippen LogP contribution in [0.3, 0.4) is 0 Å². The van der Waals surface area contributed by atoms with Gasteiger partial charge in [-0.2, -0.15) is 5.26 Å². The number of aromatic nitrogens is 1. The molecule has 0 aliphatic rings. The number of thiazole rings is 1. The molecule has 0 saturated carbocycles. The Bertz CT molecular complexity index is 487. The lowest BCUT2D eigenvalue weighted by Gasteiger charge is -1.97. The van der Waals surface area contributed by atoms with Crippen LogP contribution in [0.5, 0.6) is 0 Å². The molecule has 0 radical (unpaired) electrons. The monoisotopic (exact) mass is 264 g/mol. The van der Waals surface area contributed by atoms with Crippen molar-refractivity contribution in [2.24, 2.45) is 0 Å². The van der Waals surface area contributed by atoms with Crippen LogP contribution in [-0.4, -0.2) is 19.2 Å². The first-order valence-corrected chi connectivity index (χ1v) is 7.15. The topological polar surface area (TPSA) is 70.8 Å². The molecule has 0 spiro atoms. The molecule has 1 heterocycles. The molecular weight excluding hydrogens is 256 g/mol. The van der Waals surface area contributed by atoms with Gasteiger partial charge in [-0.25, -0.2) is 13.4 Å². The number of nitrogens with zero attached hydrogens (tertiary/aromatic N) is 2. The molecule has 0 aliphatic heterocycles. The van der Waals surface area contributed by atoms with Crippen molar-refractivity contribution in [3.63, 3.8) is 0 Å². The summed E-state index contributed by atoms with van der Waals surface area (Å²) in [6.07, 6.45) is 1.38. The SMILES string of the molecule is CCCCS(=O)(=O)c1nc(Cl)c(C#N)s1. The molecule has 1 aromatic heterocycles. The molecule has 15 heavy (non-hydrogen) atoms. The van der Waals surface area contributed by atoms with Crippen LogP contribution in [-0.2, 0) is 9.84 Å². The summed E-state index contributed by atoms with van der Waals surface area (Å²) in [7, 11) is -3.36. The minimum Gasteiger partial charge on any atom is -0.221 e. The third kappa shape index (κ3) is 2.91. The molecule has 0 N–H and O–H groups in total. The molecule has 0 unspecified atom stereocenters. The molecule has 1 rings (SSSR count). The quantitative estimate of drug-likeness (QED) is 0.836. The second-order valence-corrected chi connectivity index (χ2v) is 6.52. The second kappa shape index (κ2) is 4.92. The van der Waals surface area contributed by atoms with Crippen molar-refractivity contribution in [1.29, 1.82) is 5.26 Å². The van der Waals surface area contributed by atoms with E-state index in [0.717, 1.165) is 17.8 Å². The van der Waals surface area contributed by atoms with Crippen molar-refractivity contribution in [1.82, 2.24) is 4.98 Å². The van der Waals surface area contributed by atoms with E-state index in [0.29, 0.717) is 6.42 Å². The number of hydrogen-bond donors (Lipinski definition) is 0. The highest BCUT2D eigenvalue weighted by molar-refractivity contribution is 7.93. The summed E-state index contributed by atoms with van der Waals surface area (Å²) in [5.74, 6) is 0.0538. The van der Waals surface area contributed by atoms with E-state index >= 15 is 0 Å². The summed E-state index contributed by atoms with van der Waals surface area (Å²) in [6, 6.07) is 1.80. The highest BCUT2D eigenvalue weighted by atomic mass is 35.5. The van der Waals surface area contributed by atoms with Gasteiger partial charge in [-0.15, -0.1) is 0 Å². The zero-order chi connectivity index (χ0) is 11.5. The van der Waals surface area contributed by atoms with E-state index in [4.69, 9.17) is 16.9 Å². The Hall–Kier alpha value is -0.640. The Morgan fingerprint density at radius 1 is 1.60 bits per heavy atom. The Balaban J connectivity index is 3.02. The molecule has 0 atom stereocenters. The molecule has 0 bridgehead atoms. The zero-order valence-corrected chi connectivity index (χ0v) is 10.4. The molecule has 82 valence electrons. The van der Waals surface area contributed by atoms with E-state index in [2.05, 4.69) is 4.98 Å². The maximum atomic E-state index is 11.7. The van der Waals surface area contributed by atoms with Gasteiger partial charge in [0.2, 0.25) is 14.2 Å². The first kappa shape index (κ1) is 12.4. The standard InChI is InChI=1S/C8H9ClN2O2S2/c1-2-3-4-15(12,13)8-11-7(9)6(5-10)14-8/h2-4H2,1H3. The van der Waals surface area contributed by atoms with Crippen LogP contribution >= 0.6 is 22.9 Å². The normalized spacial score (nSPS) is 11.3. The minimum atomic E-state index is -3.36. The lowest BCUT2D eigenvalue weighted by Crippen LogP contribution is -2.05. The van der Waals surface area contributed by atoms with Gasteiger partial charge in [0.1, 0.15) is 10.9 Å². The molecular formula is C8H9ClN2O2S2. The molecule has 0 fully saturated rings. The Labute approximate surface area is 97.4 Å². The van der Waals surface area contributed by atoms with Gasteiger partial charge < -0.3 is 0 Å². The maximum Gasteiger partial charge on any atom is 0.211 e. The van der Waals surface area contributed by atoms with Crippen LogP contribution in [0.15, 0.2) is 4.34 Å². The van der Waals surface area contributed by atoms with Gasteiger partial charge in [-0.05, 0) is 6.42 Å². The number of hydrogen-bond acceptors (Lipinski definition) is 5. The Morgan fingerprint density at radius 3 is 2.73 bits per heavy atom. The van der Waals surface area contributed by atoms with Crippen molar-refractivity contribution in [3.8, 4) is 6.07 Å². The largest absolute Gasteiger partial charge is 0.221 e. The van der Waals surface area contributed by atoms with Gasteiger partial charge in [-0.1, -0.05) is 36.3 Å². The van der Waals surface area contributed by atoms with Crippen LogP contribution in [0.25, 0.3) is 0 Å². The molecule has 1 aromatic rings. The summed E-state index contributed by atoms with van der Waals surface area (Å²) < 4.78 is 23.2. The van der Waals surface area contributed by atoms with E-state index in [-0.39, 0.29) is 20.1 Å². The fourth-order valence-corrected chi connectivity index (χ4v) is 3.82. The first-order valence-electron chi connectivity index (χ1n) is 4.30. The average Bonchev–Trinajstić information content (AvgIpc) is 2.57.